The molecule has 7 heteroatoms. The molecule has 0 radical (unpaired) electrons. The molecule has 142 valence electrons. The third kappa shape index (κ3) is 3.64. The molecule has 4 rings (SSSR count). The van der Waals surface area contributed by atoms with Crippen LogP contribution in [0.25, 0.3) is 11.0 Å². The molecule has 0 aliphatic heterocycles. The third-order valence-electron chi connectivity index (χ3n) is 4.73. The number of aryl methyl sites for hydroxylation is 2. The summed E-state index contributed by atoms with van der Waals surface area (Å²) in [7, 11) is 1.86. The number of halogens is 1. The van der Waals surface area contributed by atoms with E-state index in [4.69, 9.17) is 0 Å². The highest BCUT2D eigenvalue weighted by Crippen LogP contribution is 2.21. The Balaban J connectivity index is 1.51. The molecule has 2 aromatic carbocycles. The van der Waals surface area contributed by atoms with Crippen molar-refractivity contribution in [2.75, 3.05) is 0 Å². The van der Waals surface area contributed by atoms with E-state index in [-0.39, 0.29) is 11.7 Å². The van der Waals surface area contributed by atoms with Crippen LogP contribution in [0, 0.1) is 5.82 Å². The Labute approximate surface area is 161 Å². The maximum Gasteiger partial charge on any atom is 0.222 e. The fourth-order valence-corrected chi connectivity index (χ4v) is 3.25. The number of hydrogen-bond acceptors (Lipinski definition) is 3. The second kappa shape index (κ2) is 7.64. The summed E-state index contributed by atoms with van der Waals surface area (Å²) < 4.78 is 17.1. The van der Waals surface area contributed by atoms with Gasteiger partial charge in [-0.1, -0.05) is 24.3 Å². The van der Waals surface area contributed by atoms with Crippen LogP contribution < -0.4 is 5.32 Å². The van der Waals surface area contributed by atoms with Crippen LogP contribution in [0.3, 0.4) is 0 Å². The quantitative estimate of drug-likeness (QED) is 0.561. The molecule has 4 aromatic rings. The van der Waals surface area contributed by atoms with Crippen molar-refractivity contribution in [3.8, 4) is 0 Å². The van der Waals surface area contributed by atoms with Crippen molar-refractivity contribution in [2.24, 2.45) is 7.05 Å². The number of carbonyl (C=O) groups is 1. The lowest BCUT2D eigenvalue weighted by molar-refractivity contribution is -0.121. The summed E-state index contributed by atoms with van der Waals surface area (Å²) in [5.74, 6) is 0.254. The molecular formula is C21H20FN5O. The summed E-state index contributed by atoms with van der Waals surface area (Å²) >= 11 is 0. The average molecular weight is 377 g/mol. The first kappa shape index (κ1) is 17.9. The van der Waals surface area contributed by atoms with Gasteiger partial charge in [0.05, 0.1) is 17.4 Å². The first-order valence-corrected chi connectivity index (χ1v) is 9.04. The van der Waals surface area contributed by atoms with E-state index in [0.717, 1.165) is 16.6 Å². The molecule has 1 amide bonds. The number of nitrogens with zero attached hydrogens (tertiary/aromatic N) is 4. The number of benzene rings is 2. The van der Waals surface area contributed by atoms with E-state index in [0.29, 0.717) is 18.8 Å². The zero-order chi connectivity index (χ0) is 19.5. The Morgan fingerprint density at radius 3 is 2.68 bits per heavy atom. The van der Waals surface area contributed by atoms with Gasteiger partial charge in [-0.2, -0.15) is 0 Å². The molecule has 0 aliphatic carbocycles. The van der Waals surface area contributed by atoms with Crippen LogP contribution in [0.4, 0.5) is 4.39 Å². The van der Waals surface area contributed by atoms with Gasteiger partial charge in [0.15, 0.2) is 0 Å². The SMILES string of the molecule is Cn1ccnc1C(NC(=O)CCn1cnc2ccccc21)c1ccc(F)cc1. The van der Waals surface area contributed by atoms with Crippen molar-refractivity contribution in [1.82, 2.24) is 24.4 Å². The Hall–Kier alpha value is -3.48. The van der Waals surface area contributed by atoms with Crippen molar-refractivity contribution in [1.29, 1.82) is 0 Å². The van der Waals surface area contributed by atoms with Crippen LogP contribution in [0.1, 0.15) is 23.9 Å². The van der Waals surface area contributed by atoms with Gasteiger partial charge in [0, 0.05) is 32.4 Å². The number of carbonyl (C=O) groups excluding carboxylic acids is 1. The highest BCUT2D eigenvalue weighted by molar-refractivity contribution is 5.78. The lowest BCUT2D eigenvalue weighted by Gasteiger charge is -2.19. The third-order valence-corrected chi connectivity index (χ3v) is 4.73. The van der Waals surface area contributed by atoms with Crippen molar-refractivity contribution in [3.63, 3.8) is 0 Å². The molecule has 0 aliphatic rings. The van der Waals surface area contributed by atoms with Crippen LogP contribution in [-0.2, 0) is 18.4 Å². The van der Waals surface area contributed by atoms with Gasteiger partial charge in [0.25, 0.3) is 0 Å². The maximum atomic E-state index is 13.3. The first-order valence-electron chi connectivity index (χ1n) is 9.04. The lowest BCUT2D eigenvalue weighted by atomic mass is 10.1. The van der Waals surface area contributed by atoms with Gasteiger partial charge in [0.2, 0.25) is 5.91 Å². The van der Waals surface area contributed by atoms with Crippen LogP contribution in [0.2, 0.25) is 0 Å². The predicted octanol–water partition coefficient (Wildman–Crippen LogP) is 3.20. The summed E-state index contributed by atoms with van der Waals surface area (Å²) in [4.78, 5) is 21.4. The van der Waals surface area contributed by atoms with E-state index < -0.39 is 6.04 Å². The van der Waals surface area contributed by atoms with Gasteiger partial charge in [-0.15, -0.1) is 0 Å². The fraction of sp³-hybridized carbons (Fsp3) is 0.190. The molecule has 28 heavy (non-hydrogen) atoms. The molecule has 2 heterocycles. The summed E-state index contributed by atoms with van der Waals surface area (Å²) in [6.45, 7) is 0.517. The van der Waals surface area contributed by atoms with Gasteiger partial charge in [0.1, 0.15) is 17.7 Å². The molecular weight excluding hydrogens is 357 g/mol. The van der Waals surface area contributed by atoms with Gasteiger partial charge in [-0.3, -0.25) is 4.79 Å². The summed E-state index contributed by atoms with van der Waals surface area (Å²) in [6, 6.07) is 13.5. The van der Waals surface area contributed by atoms with E-state index in [1.807, 2.05) is 46.6 Å². The largest absolute Gasteiger partial charge is 0.342 e. The fourth-order valence-electron chi connectivity index (χ4n) is 3.25. The number of hydrogen-bond donors (Lipinski definition) is 1. The number of aromatic nitrogens is 4. The zero-order valence-electron chi connectivity index (χ0n) is 15.4. The lowest BCUT2D eigenvalue weighted by Crippen LogP contribution is -2.31. The van der Waals surface area contributed by atoms with Crippen LogP contribution >= 0.6 is 0 Å². The number of para-hydroxylation sites is 2. The standard InChI is InChI=1S/C21H20FN5O/c1-26-13-11-23-21(26)20(15-6-8-16(22)9-7-15)25-19(28)10-12-27-14-24-17-4-2-3-5-18(17)27/h2-9,11,13-14,20H,10,12H2,1H3,(H,25,28). The van der Waals surface area contributed by atoms with Gasteiger partial charge < -0.3 is 14.5 Å². The summed E-state index contributed by atoms with van der Waals surface area (Å²) in [5.41, 5.74) is 2.67. The Kier molecular flexibility index (Phi) is 4.89. The normalized spacial score (nSPS) is 12.2. The van der Waals surface area contributed by atoms with Crippen molar-refractivity contribution in [2.45, 2.75) is 19.0 Å². The number of imidazole rings is 2. The number of amides is 1. The van der Waals surface area contributed by atoms with E-state index in [9.17, 15) is 9.18 Å². The summed E-state index contributed by atoms with van der Waals surface area (Å²) in [6.07, 6.45) is 5.53. The molecule has 0 fully saturated rings. The Bertz CT molecular complexity index is 1100. The molecule has 1 atom stereocenters. The highest BCUT2D eigenvalue weighted by atomic mass is 19.1. The minimum atomic E-state index is -0.451. The summed E-state index contributed by atoms with van der Waals surface area (Å²) in [5, 5.41) is 3.03. The minimum absolute atomic E-state index is 0.116. The highest BCUT2D eigenvalue weighted by Gasteiger charge is 2.20. The molecule has 1 N–H and O–H groups in total. The maximum absolute atomic E-state index is 13.3. The second-order valence-electron chi connectivity index (χ2n) is 6.63. The molecule has 1 unspecified atom stereocenters. The molecule has 0 saturated heterocycles. The average Bonchev–Trinajstić information content (AvgIpc) is 3.31. The number of rotatable bonds is 6. The van der Waals surface area contributed by atoms with Crippen LogP contribution in [0.5, 0.6) is 0 Å². The van der Waals surface area contributed by atoms with E-state index in [1.165, 1.54) is 12.1 Å². The monoisotopic (exact) mass is 377 g/mol. The van der Waals surface area contributed by atoms with E-state index >= 15 is 0 Å². The smallest absolute Gasteiger partial charge is 0.222 e. The van der Waals surface area contributed by atoms with Gasteiger partial charge >= 0.3 is 0 Å². The Morgan fingerprint density at radius 2 is 1.93 bits per heavy atom. The van der Waals surface area contributed by atoms with E-state index in [2.05, 4.69) is 15.3 Å². The second-order valence-corrected chi connectivity index (χ2v) is 6.63. The van der Waals surface area contributed by atoms with Gasteiger partial charge in [-0.05, 0) is 29.8 Å². The topological polar surface area (TPSA) is 64.7 Å². The molecule has 0 saturated carbocycles. The van der Waals surface area contributed by atoms with Crippen LogP contribution in [0.15, 0.2) is 67.3 Å². The van der Waals surface area contributed by atoms with Crippen LogP contribution in [-0.4, -0.2) is 25.0 Å². The minimum Gasteiger partial charge on any atom is -0.342 e. The van der Waals surface area contributed by atoms with Crippen molar-refractivity contribution >= 4 is 16.9 Å². The number of nitrogens with one attached hydrogen (secondary N) is 1. The van der Waals surface area contributed by atoms with E-state index in [1.54, 1.807) is 24.7 Å². The number of fused-ring (bicyclic) bond motifs is 1. The van der Waals surface area contributed by atoms with Crippen molar-refractivity contribution in [3.05, 3.63) is 84.5 Å². The molecule has 6 nitrogen and oxygen atoms in total. The zero-order valence-corrected chi connectivity index (χ0v) is 15.4. The predicted molar refractivity (Wildman–Crippen MR) is 104 cm³/mol. The first-order chi connectivity index (χ1) is 13.6. The van der Waals surface area contributed by atoms with Crippen molar-refractivity contribution < 1.29 is 9.18 Å². The Morgan fingerprint density at radius 1 is 1.14 bits per heavy atom. The molecule has 0 spiro atoms. The molecule has 0 bridgehead atoms. The van der Waals surface area contributed by atoms with Gasteiger partial charge in [-0.25, -0.2) is 14.4 Å². The molecule has 2 aromatic heterocycles.